The molecule has 4 nitrogen and oxygen atoms in total. The normalized spacial score (nSPS) is 25.5. The zero-order valence-electron chi connectivity index (χ0n) is 12.2. The summed E-state index contributed by atoms with van der Waals surface area (Å²) in [4.78, 5) is 2.42. The van der Waals surface area contributed by atoms with Crippen molar-refractivity contribution in [3.05, 3.63) is 17.0 Å². The zero-order chi connectivity index (χ0) is 13.4. The number of nitrogens with two attached hydrogens (primary N) is 1. The molecule has 3 rings (SSSR count). The second-order valence-corrected chi connectivity index (χ2v) is 6.14. The van der Waals surface area contributed by atoms with Gasteiger partial charge in [-0.3, -0.25) is 4.68 Å². The number of likely N-dealkylation sites (tertiary alicyclic amines) is 1. The van der Waals surface area contributed by atoms with Gasteiger partial charge in [-0.2, -0.15) is 5.10 Å². The predicted molar refractivity (Wildman–Crippen MR) is 77.2 cm³/mol. The molecule has 0 saturated carbocycles. The van der Waals surface area contributed by atoms with Crippen LogP contribution in [0.3, 0.4) is 0 Å². The molecule has 0 bridgehead atoms. The molecule has 2 N–H and O–H groups in total. The molecular formula is C15H26N4. The summed E-state index contributed by atoms with van der Waals surface area (Å²) in [5, 5.41) is 4.93. The number of piperidine rings is 1. The lowest BCUT2D eigenvalue weighted by Crippen LogP contribution is -2.32. The number of nitrogens with zero attached hydrogens (tertiary/aromatic N) is 3. The van der Waals surface area contributed by atoms with E-state index in [-0.39, 0.29) is 6.04 Å². The van der Waals surface area contributed by atoms with E-state index >= 15 is 0 Å². The van der Waals surface area contributed by atoms with Crippen LogP contribution in [0.5, 0.6) is 0 Å². The van der Waals surface area contributed by atoms with E-state index in [1.54, 1.807) is 0 Å². The Morgan fingerprint density at radius 3 is 2.68 bits per heavy atom. The average Bonchev–Trinajstić information content (AvgIpc) is 2.80. The van der Waals surface area contributed by atoms with Gasteiger partial charge in [0.05, 0.1) is 11.7 Å². The molecule has 0 amide bonds. The highest BCUT2D eigenvalue weighted by Gasteiger charge is 2.29. The summed E-state index contributed by atoms with van der Waals surface area (Å²) in [6.45, 7) is 4.57. The minimum absolute atomic E-state index is 0.221. The summed E-state index contributed by atoms with van der Waals surface area (Å²) in [6.07, 6.45) is 6.97. The molecule has 1 aromatic heterocycles. The van der Waals surface area contributed by atoms with Crippen LogP contribution in [0.4, 0.5) is 0 Å². The van der Waals surface area contributed by atoms with E-state index in [0.717, 1.165) is 12.8 Å². The molecule has 106 valence electrons. The zero-order valence-corrected chi connectivity index (χ0v) is 12.2. The van der Waals surface area contributed by atoms with Crippen LogP contribution in [0.15, 0.2) is 0 Å². The van der Waals surface area contributed by atoms with Crippen LogP contribution < -0.4 is 5.73 Å². The van der Waals surface area contributed by atoms with Crippen molar-refractivity contribution in [3.63, 3.8) is 0 Å². The SMILES string of the molecule is CCc1nn(C2CCN(C)CC2)c2c1C(N)CCC2. The Hall–Kier alpha value is -0.870. The van der Waals surface area contributed by atoms with Crippen molar-refractivity contribution in [1.29, 1.82) is 0 Å². The van der Waals surface area contributed by atoms with Crippen LogP contribution in [0.2, 0.25) is 0 Å². The molecule has 1 atom stereocenters. The molecule has 1 aliphatic heterocycles. The third-order valence-electron chi connectivity index (χ3n) is 4.80. The largest absolute Gasteiger partial charge is 0.324 e. The Labute approximate surface area is 116 Å². The van der Waals surface area contributed by atoms with E-state index in [1.807, 2.05) is 0 Å². The van der Waals surface area contributed by atoms with E-state index in [9.17, 15) is 0 Å². The highest BCUT2D eigenvalue weighted by molar-refractivity contribution is 5.32. The Kier molecular flexibility index (Phi) is 3.63. The molecule has 19 heavy (non-hydrogen) atoms. The Morgan fingerprint density at radius 1 is 1.26 bits per heavy atom. The number of aromatic nitrogens is 2. The fourth-order valence-electron chi connectivity index (χ4n) is 3.65. The molecule has 0 aromatic carbocycles. The van der Waals surface area contributed by atoms with Crippen molar-refractivity contribution < 1.29 is 0 Å². The van der Waals surface area contributed by atoms with Gasteiger partial charge in [-0.1, -0.05) is 6.92 Å². The average molecular weight is 262 g/mol. The predicted octanol–water partition coefficient (Wildman–Crippen LogP) is 2.05. The highest BCUT2D eigenvalue weighted by atomic mass is 15.3. The van der Waals surface area contributed by atoms with E-state index in [0.29, 0.717) is 6.04 Å². The van der Waals surface area contributed by atoms with Gasteiger partial charge in [0, 0.05) is 17.3 Å². The standard InChI is InChI=1S/C15H26N4/c1-3-13-15-12(16)5-4-6-14(15)19(17-13)11-7-9-18(2)10-8-11/h11-12H,3-10,16H2,1-2H3. The number of rotatable bonds is 2. The topological polar surface area (TPSA) is 47.1 Å². The van der Waals surface area contributed by atoms with E-state index < -0.39 is 0 Å². The molecule has 1 aromatic rings. The Morgan fingerprint density at radius 2 is 2.00 bits per heavy atom. The lowest BCUT2D eigenvalue weighted by molar-refractivity contribution is 0.208. The van der Waals surface area contributed by atoms with E-state index in [2.05, 4.69) is 23.6 Å². The second-order valence-electron chi connectivity index (χ2n) is 6.14. The quantitative estimate of drug-likeness (QED) is 0.887. The molecule has 1 saturated heterocycles. The fraction of sp³-hybridized carbons (Fsp3) is 0.800. The first-order valence-corrected chi connectivity index (χ1v) is 7.75. The van der Waals surface area contributed by atoms with Gasteiger partial charge in [0.1, 0.15) is 0 Å². The van der Waals surface area contributed by atoms with Crippen molar-refractivity contribution >= 4 is 0 Å². The lowest BCUT2D eigenvalue weighted by atomic mass is 9.90. The molecule has 1 aliphatic carbocycles. The van der Waals surface area contributed by atoms with Gasteiger partial charge in [0.15, 0.2) is 0 Å². The van der Waals surface area contributed by atoms with Crippen molar-refractivity contribution in [1.82, 2.24) is 14.7 Å². The minimum Gasteiger partial charge on any atom is -0.324 e. The molecule has 0 radical (unpaired) electrons. The third-order valence-corrected chi connectivity index (χ3v) is 4.80. The first kappa shape index (κ1) is 13.1. The summed E-state index contributed by atoms with van der Waals surface area (Å²) in [7, 11) is 2.21. The highest BCUT2D eigenvalue weighted by Crippen LogP contribution is 2.34. The Bertz CT molecular complexity index is 443. The summed E-state index contributed by atoms with van der Waals surface area (Å²) in [6, 6.07) is 0.814. The summed E-state index contributed by atoms with van der Waals surface area (Å²) in [5.41, 5.74) is 10.4. The maximum Gasteiger partial charge on any atom is 0.0672 e. The first-order valence-electron chi connectivity index (χ1n) is 7.75. The van der Waals surface area contributed by atoms with Crippen LogP contribution in [-0.4, -0.2) is 34.8 Å². The second kappa shape index (κ2) is 5.25. The minimum atomic E-state index is 0.221. The van der Waals surface area contributed by atoms with Crippen LogP contribution >= 0.6 is 0 Å². The molecule has 1 fully saturated rings. The van der Waals surface area contributed by atoms with Gasteiger partial charge < -0.3 is 10.6 Å². The van der Waals surface area contributed by atoms with E-state index in [4.69, 9.17) is 10.8 Å². The Balaban J connectivity index is 1.93. The van der Waals surface area contributed by atoms with Crippen LogP contribution in [0, 0.1) is 0 Å². The number of hydrogen-bond acceptors (Lipinski definition) is 3. The third kappa shape index (κ3) is 2.32. The number of aryl methyl sites for hydroxylation is 1. The maximum absolute atomic E-state index is 6.33. The van der Waals surface area contributed by atoms with Crippen molar-refractivity contribution in [3.8, 4) is 0 Å². The van der Waals surface area contributed by atoms with Gasteiger partial charge in [-0.05, 0) is 58.7 Å². The van der Waals surface area contributed by atoms with Gasteiger partial charge in [-0.15, -0.1) is 0 Å². The van der Waals surface area contributed by atoms with Crippen LogP contribution in [0.25, 0.3) is 0 Å². The smallest absolute Gasteiger partial charge is 0.0672 e. The maximum atomic E-state index is 6.33. The van der Waals surface area contributed by atoms with Crippen molar-refractivity contribution in [2.24, 2.45) is 5.73 Å². The van der Waals surface area contributed by atoms with Crippen LogP contribution in [0.1, 0.15) is 61.6 Å². The molecule has 2 aliphatic rings. The van der Waals surface area contributed by atoms with Gasteiger partial charge in [0.2, 0.25) is 0 Å². The summed E-state index contributed by atoms with van der Waals surface area (Å²) < 4.78 is 2.35. The monoisotopic (exact) mass is 262 g/mol. The number of fused-ring (bicyclic) bond motifs is 1. The number of hydrogen-bond donors (Lipinski definition) is 1. The summed E-state index contributed by atoms with van der Waals surface area (Å²) in [5.74, 6) is 0. The van der Waals surface area contributed by atoms with Gasteiger partial charge in [-0.25, -0.2) is 0 Å². The van der Waals surface area contributed by atoms with Gasteiger partial charge >= 0.3 is 0 Å². The van der Waals surface area contributed by atoms with Crippen LogP contribution in [-0.2, 0) is 12.8 Å². The first-order chi connectivity index (χ1) is 9.20. The fourth-order valence-corrected chi connectivity index (χ4v) is 3.65. The van der Waals surface area contributed by atoms with Gasteiger partial charge in [0.25, 0.3) is 0 Å². The van der Waals surface area contributed by atoms with Crippen molar-refractivity contribution in [2.75, 3.05) is 20.1 Å². The molecule has 1 unspecified atom stereocenters. The molecular weight excluding hydrogens is 236 g/mol. The molecule has 2 heterocycles. The van der Waals surface area contributed by atoms with Crippen molar-refractivity contribution in [2.45, 2.75) is 57.5 Å². The lowest BCUT2D eigenvalue weighted by Gasteiger charge is -2.31. The molecule has 0 spiro atoms. The molecule has 4 heteroatoms. The van der Waals surface area contributed by atoms with E-state index in [1.165, 1.54) is 55.7 Å². The summed E-state index contributed by atoms with van der Waals surface area (Å²) >= 11 is 0.